The van der Waals surface area contributed by atoms with E-state index in [-0.39, 0.29) is 18.2 Å². The second-order valence-electron chi connectivity index (χ2n) is 3.49. The molecule has 1 aromatic rings. The van der Waals surface area contributed by atoms with Gasteiger partial charge in [-0.3, -0.25) is 9.59 Å². The number of imide groups is 1. The number of benzene rings is 1. The van der Waals surface area contributed by atoms with Crippen molar-refractivity contribution in [2.45, 2.75) is 6.92 Å². The molecule has 0 aromatic heterocycles. The van der Waals surface area contributed by atoms with Crippen LogP contribution in [0.2, 0.25) is 0 Å². The molecule has 1 saturated heterocycles. The van der Waals surface area contributed by atoms with Gasteiger partial charge in [0.05, 0.1) is 12.2 Å². The lowest BCUT2D eigenvalue weighted by molar-refractivity contribution is -0.115. The van der Waals surface area contributed by atoms with Crippen molar-refractivity contribution in [1.29, 1.82) is 0 Å². The third-order valence-electron chi connectivity index (χ3n) is 2.35. The summed E-state index contributed by atoms with van der Waals surface area (Å²) >= 11 is 0. The molecule has 1 aliphatic rings. The number of anilines is 1. The maximum Gasteiger partial charge on any atom is 0.329 e. The van der Waals surface area contributed by atoms with Crippen molar-refractivity contribution in [3.8, 4) is 0 Å². The first kappa shape index (κ1) is 10.4. The van der Waals surface area contributed by atoms with E-state index in [0.717, 1.165) is 4.90 Å². The highest BCUT2D eigenvalue weighted by Crippen LogP contribution is 2.18. The highest BCUT2D eigenvalue weighted by atomic mass is 16.2. The molecule has 3 amide bonds. The number of ketones is 1. The van der Waals surface area contributed by atoms with Gasteiger partial charge >= 0.3 is 6.03 Å². The SMILES string of the molecule is CC(=O)c1cccc(N2C(=O)CNC2=O)c1. The Kier molecular flexibility index (Phi) is 2.44. The van der Waals surface area contributed by atoms with Gasteiger partial charge in [-0.1, -0.05) is 12.1 Å². The quantitative estimate of drug-likeness (QED) is 0.593. The highest BCUT2D eigenvalue weighted by Gasteiger charge is 2.29. The Balaban J connectivity index is 2.40. The highest BCUT2D eigenvalue weighted by molar-refractivity contribution is 6.20. The molecule has 82 valence electrons. The van der Waals surface area contributed by atoms with E-state index in [0.29, 0.717) is 11.3 Å². The first-order valence-corrected chi connectivity index (χ1v) is 4.81. The van der Waals surface area contributed by atoms with Gasteiger partial charge in [0, 0.05) is 5.56 Å². The van der Waals surface area contributed by atoms with Crippen LogP contribution in [0, 0.1) is 0 Å². The van der Waals surface area contributed by atoms with Crippen LogP contribution in [0.3, 0.4) is 0 Å². The number of Topliss-reactive ketones (excluding diaryl/α,β-unsaturated/α-hetero) is 1. The first-order chi connectivity index (χ1) is 7.59. The fraction of sp³-hybridized carbons (Fsp3) is 0.182. The average Bonchev–Trinajstić information content (AvgIpc) is 2.59. The van der Waals surface area contributed by atoms with Crippen LogP contribution in [-0.4, -0.2) is 24.3 Å². The summed E-state index contributed by atoms with van der Waals surface area (Å²) in [5, 5.41) is 2.42. The zero-order valence-corrected chi connectivity index (χ0v) is 8.69. The van der Waals surface area contributed by atoms with E-state index in [1.165, 1.54) is 13.0 Å². The molecule has 5 heteroatoms. The summed E-state index contributed by atoms with van der Waals surface area (Å²) in [6, 6.07) is 5.99. The molecule has 0 atom stereocenters. The number of nitrogens with one attached hydrogen (secondary N) is 1. The Morgan fingerprint density at radius 3 is 2.69 bits per heavy atom. The molecule has 5 nitrogen and oxygen atoms in total. The zero-order valence-electron chi connectivity index (χ0n) is 8.69. The molecular weight excluding hydrogens is 208 g/mol. The zero-order chi connectivity index (χ0) is 11.7. The van der Waals surface area contributed by atoms with E-state index < -0.39 is 6.03 Å². The predicted octanol–water partition coefficient (Wildman–Crippen LogP) is 0.945. The standard InChI is InChI=1S/C11H10N2O3/c1-7(14)8-3-2-4-9(5-8)13-10(15)6-12-11(13)16/h2-5H,6H2,1H3,(H,12,16). The van der Waals surface area contributed by atoms with E-state index in [1.807, 2.05) is 0 Å². The van der Waals surface area contributed by atoms with E-state index >= 15 is 0 Å². The monoisotopic (exact) mass is 218 g/mol. The fourth-order valence-corrected chi connectivity index (χ4v) is 1.55. The molecule has 1 N–H and O–H groups in total. The number of nitrogens with zero attached hydrogens (tertiary/aromatic N) is 1. The Morgan fingerprint density at radius 1 is 1.38 bits per heavy atom. The van der Waals surface area contributed by atoms with Crippen LogP contribution in [0.4, 0.5) is 10.5 Å². The molecule has 0 bridgehead atoms. The largest absolute Gasteiger partial charge is 0.329 e. The van der Waals surface area contributed by atoms with Crippen molar-refractivity contribution in [3.05, 3.63) is 29.8 Å². The van der Waals surface area contributed by atoms with Crippen molar-refractivity contribution < 1.29 is 14.4 Å². The van der Waals surface area contributed by atoms with Gasteiger partial charge in [0.2, 0.25) is 0 Å². The van der Waals surface area contributed by atoms with Crippen molar-refractivity contribution in [2.75, 3.05) is 11.4 Å². The summed E-state index contributed by atoms with van der Waals surface area (Å²) in [7, 11) is 0. The van der Waals surface area contributed by atoms with E-state index in [2.05, 4.69) is 5.32 Å². The summed E-state index contributed by atoms with van der Waals surface area (Å²) < 4.78 is 0. The van der Waals surface area contributed by atoms with Gasteiger partial charge in [-0.2, -0.15) is 0 Å². The van der Waals surface area contributed by atoms with Gasteiger partial charge in [0.1, 0.15) is 0 Å². The molecule has 0 aliphatic carbocycles. The average molecular weight is 218 g/mol. The van der Waals surface area contributed by atoms with Crippen molar-refractivity contribution in [3.63, 3.8) is 0 Å². The minimum atomic E-state index is -0.453. The molecular formula is C11H10N2O3. The molecule has 1 fully saturated rings. The molecule has 1 aliphatic heterocycles. The van der Waals surface area contributed by atoms with Gasteiger partial charge in [0.15, 0.2) is 5.78 Å². The van der Waals surface area contributed by atoms with Crippen LogP contribution in [0.1, 0.15) is 17.3 Å². The number of hydrogen-bond donors (Lipinski definition) is 1. The summed E-state index contributed by atoms with van der Waals surface area (Å²) in [5.41, 5.74) is 0.901. The number of urea groups is 1. The van der Waals surface area contributed by atoms with Crippen LogP contribution >= 0.6 is 0 Å². The molecule has 0 spiro atoms. The Bertz CT molecular complexity index is 466. The summed E-state index contributed by atoms with van der Waals surface area (Å²) in [6.45, 7) is 1.44. The molecule has 1 aromatic carbocycles. The molecule has 2 rings (SSSR count). The van der Waals surface area contributed by atoms with Crippen LogP contribution in [-0.2, 0) is 4.79 Å². The lowest BCUT2D eigenvalue weighted by Gasteiger charge is -2.12. The van der Waals surface area contributed by atoms with Crippen molar-refractivity contribution in [2.24, 2.45) is 0 Å². The van der Waals surface area contributed by atoms with Crippen LogP contribution in [0.25, 0.3) is 0 Å². The molecule has 1 heterocycles. The minimum absolute atomic E-state index is 0.00311. The number of carbonyl (C=O) groups is 3. The third-order valence-corrected chi connectivity index (χ3v) is 2.35. The van der Waals surface area contributed by atoms with E-state index in [4.69, 9.17) is 0 Å². The first-order valence-electron chi connectivity index (χ1n) is 4.81. The van der Waals surface area contributed by atoms with Gasteiger partial charge in [-0.05, 0) is 19.1 Å². The Morgan fingerprint density at radius 2 is 2.12 bits per heavy atom. The summed E-state index contributed by atoms with van der Waals surface area (Å²) in [4.78, 5) is 35.0. The van der Waals surface area contributed by atoms with Gasteiger partial charge in [-0.25, -0.2) is 9.69 Å². The van der Waals surface area contributed by atoms with Crippen molar-refractivity contribution >= 4 is 23.4 Å². The van der Waals surface area contributed by atoms with Gasteiger partial charge in [-0.15, -0.1) is 0 Å². The van der Waals surface area contributed by atoms with Gasteiger partial charge < -0.3 is 5.32 Å². The molecule has 0 radical (unpaired) electrons. The van der Waals surface area contributed by atoms with Crippen molar-refractivity contribution in [1.82, 2.24) is 5.32 Å². The second kappa shape index (κ2) is 3.77. The third kappa shape index (κ3) is 1.67. The number of hydrogen-bond acceptors (Lipinski definition) is 3. The van der Waals surface area contributed by atoms with E-state index in [1.54, 1.807) is 18.2 Å². The summed E-state index contributed by atoms with van der Waals surface area (Å²) in [6.07, 6.45) is 0. The van der Waals surface area contributed by atoms with E-state index in [9.17, 15) is 14.4 Å². The Hall–Kier alpha value is -2.17. The topological polar surface area (TPSA) is 66.5 Å². The number of amides is 3. The maximum absolute atomic E-state index is 11.4. The predicted molar refractivity (Wildman–Crippen MR) is 57.3 cm³/mol. The van der Waals surface area contributed by atoms with Crippen LogP contribution < -0.4 is 10.2 Å². The van der Waals surface area contributed by atoms with Gasteiger partial charge in [0.25, 0.3) is 5.91 Å². The lowest BCUT2D eigenvalue weighted by atomic mass is 10.1. The molecule has 16 heavy (non-hydrogen) atoms. The van der Waals surface area contributed by atoms with Crippen LogP contribution in [0.15, 0.2) is 24.3 Å². The fourth-order valence-electron chi connectivity index (χ4n) is 1.55. The maximum atomic E-state index is 11.4. The number of rotatable bonds is 2. The van der Waals surface area contributed by atoms with Crippen LogP contribution in [0.5, 0.6) is 0 Å². The summed E-state index contributed by atoms with van der Waals surface area (Å²) in [5.74, 6) is -0.417. The molecule has 0 unspecified atom stereocenters. The normalized spacial score (nSPS) is 15.2. The minimum Gasteiger partial charge on any atom is -0.328 e. The second-order valence-corrected chi connectivity index (χ2v) is 3.49. The molecule has 0 saturated carbocycles. The number of carbonyl (C=O) groups excluding carboxylic acids is 3. The smallest absolute Gasteiger partial charge is 0.328 e. The Labute approximate surface area is 92.0 Å². The lowest BCUT2D eigenvalue weighted by Crippen LogP contribution is -2.30.